The van der Waals surface area contributed by atoms with Crippen molar-refractivity contribution in [3.63, 3.8) is 0 Å². The molecule has 110 valence electrons. The smallest absolute Gasteiger partial charge is 0.255 e. The number of amides is 1. The van der Waals surface area contributed by atoms with Crippen LogP contribution in [0, 0.1) is 6.92 Å². The molecule has 0 fully saturated rings. The Morgan fingerprint density at radius 2 is 1.71 bits per heavy atom. The van der Waals surface area contributed by atoms with E-state index in [2.05, 4.69) is 10.0 Å². The van der Waals surface area contributed by atoms with Gasteiger partial charge in [-0.05, 0) is 42.8 Å². The molecule has 0 atom stereocenters. The molecule has 0 saturated heterocycles. The van der Waals surface area contributed by atoms with Crippen LogP contribution in [0.1, 0.15) is 15.9 Å². The van der Waals surface area contributed by atoms with E-state index in [9.17, 15) is 13.2 Å². The van der Waals surface area contributed by atoms with Gasteiger partial charge in [-0.3, -0.25) is 9.52 Å². The number of aryl methyl sites for hydroxylation is 1. The van der Waals surface area contributed by atoms with Crippen molar-refractivity contribution in [2.24, 2.45) is 0 Å². The number of carbonyl (C=O) groups excluding carboxylic acids is 1. The molecule has 0 unspecified atom stereocenters. The van der Waals surface area contributed by atoms with E-state index >= 15 is 0 Å². The van der Waals surface area contributed by atoms with Gasteiger partial charge in [0.2, 0.25) is 10.0 Å². The fourth-order valence-electron chi connectivity index (χ4n) is 1.87. The van der Waals surface area contributed by atoms with E-state index in [-0.39, 0.29) is 5.91 Å². The SMILES string of the molecule is Cc1cc(NS(C)(=O)=O)ccc1NC(=O)c1ccccc1. The molecule has 21 heavy (non-hydrogen) atoms. The summed E-state index contributed by atoms with van der Waals surface area (Å²) in [5.41, 5.74) is 2.44. The predicted octanol–water partition coefficient (Wildman–Crippen LogP) is 2.62. The summed E-state index contributed by atoms with van der Waals surface area (Å²) in [5, 5.41) is 2.80. The van der Waals surface area contributed by atoms with Crippen LogP contribution >= 0.6 is 0 Å². The first-order valence-corrected chi connectivity index (χ1v) is 8.19. The van der Waals surface area contributed by atoms with Crippen LogP contribution in [0.3, 0.4) is 0 Å². The van der Waals surface area contributed by atoms with Crippen molar-refractivity contribution in [1.29, 1.82) is 0 Å². The van der Waals surface area contributed by atoms with Gasteiger partial charge in [0.15, 0.2) is 0 Å². The summed E-state index contributed by atoms with van der Waals surface area (Å²) >= 11 is 0. The Morgan fingerprint density at radius 1 is 1.05 bits per heavy atom. The van der Waals surface area contributed by atoms with E-state index in [4.69, 9.17) is 0 Å². The topological polar surface area (TPSA) is 75.3 Å². The summed E-state index contributed by atoms with van der Waals surface area (Å²) in [6, 6.07) is 13.8. The minimum absolute atomic E-state index is 0.206. The van der Waals surface area contributed by atoms with E-state index in [1.807, 2.05) is 6.07 Å². The number of rotatable bonds is 4. The zero-order valence-corrected chi connectivity index (χ0v) is 12.6. The molecule has 2 aromatic rings. The van der Waals surface area contributed by atoms with Gasteiger partial charge in [0.05, 0.1) is 6.26 Å². The average Bonchev–Trinajstić information content (AvgIpc) is 2.41. The minimum Gasteiger partial charge on any atom is -0.322 e. The molecule has 0 bridgehead atoms. The lowest BCUT2D eigenvalue weighted by Crippen LogP contribution is -2.13. The first-order valence-electron chi connectivity index (χ1n) is 6.30. The molecular weight excluding hydrogens is 288 g/mol. The third-order valence-corrected chi connectivity index (χ3v) is 3.42. The summed E-state index contributed by atoms with van der Waals surface area (Å²) in [6.07, 6.45) is 1.09. The summed E-state index contributed by atoms with van der Waals surface area (Å²) in [5.74, 6) is -0.206. The van der Waals surface area contributed by atoms with Gasteiger partial charge in [-0.15, -0.1) is 0 Å². The average molecular weight is 304 g/mol. The molecule has 0 spiro atoms. The highest BCUT2D eigenvalue weighted by atomic mass is 32.2. The van der Waals surface area contributed by atoms with E-state index in [1.165, 1.54) is 0 Å². The second kappa shape index (κ2) is 5.97. The maximum absolute atomic E-state index is 12.1. The van der Waals surface area contributed by atoms with Gasteiger partial charge in [0.1, 0.15) is 0 Å². The van der Waals surface area contributed by atoms with Crippen LogP contribution in [0.25, 0.3) is 0 Å². The quantitative estimate of drug-likeness (QED) is 0.911. The first kappa shape index (κ1) is 15.1. The standard InChI is InChI=1S/C15H16N2O3S/c1-11-10-13(17-21(2,19)20)8-9-14(11)16-15(18)12-6-4-3-5-7-12/h3-10,17H,1-2H3,(H,16,18). The molecular formula is C15H16N2O3S. The number of hydrogen-bond acceptors (Lipinski definition) is 3. The highest BCUT2D eigenvalue weighted by molar-refractivity contribution is 7.92. The maximum Gasteiger partial charge on any atom is 0.255 e. The Labute approximate surface area is 124 Å². The summed E-state index contributed by atoms with van der Waals surface area (Å²) in [6.45, 7) is 1.80. The molecule has 2 rings (SSSR count). The van der Waals surface area contributed by atoms with Crippen molar-refractivity contribution in [2.45, 2.75) is 6.92 Å². The molecule has 0 aliphatic heterocycles. The van der Waals surface area contributed by atoms with Crippen LogP contribution in [0.15, 0.2) is 48.5 Å². The minimum atomic E-state index is -3.31. The van der Waals surface area contributed by atoms with Crippen molar-refractivity contribution in [2.75, 3.05) is 16.3 Å². The van der Waals surface area contributed by atoms with Crippen molar-refractivity contribution < 1.29 is 13.2 Å². The zero-order chi connectivity index (χ0) is 15.5. The van der Waals surface area contributed by atoms with E-state index in [0.717, 1.165) is 11.8 Å². The van der Waals surface area contributed by atoms with Gasteiger partial charge in [-0.1, -0.05) is 18.2 Å². The van der Waals surface area contributed by atoms with Crippen LogP contribution in [-0.2, 0) is 10.0 Å². The monoisotopic (exact) mass is 304 g/mol. The maximum atomic E-state index is 12.1. The number of sulfonamides is 1. The fourth-order valence-corrected chi connectivity index (χ4v) is 2.42. The molecule has 0 aliphatic rings. The lowest BCUT2D eigenvalue weighted by Gasteiger charge is -2.11. The van der Waals surface area contributed by atoms with E-state index in [1.54, 1.807) is 49.4 Å². The van der Waals surface area contributed by atoms with Crippen molar-refractivity contribution >= 4 is 27.3 Å². The molecule has 2 N–H and O–H groups in total. The normalized spacial score (nSPS) is 11.0. The third-order valence-electron chi connectivity index (χ3n) is 2.81. The predicted molar refractivity (Wildman–Crippen MR) is 84.0 cm³/mol. The van der Waals surface area contributed by atoms with Crippen molar-refractivity contribution in [1.82, 2.24) is 0 Å². The summed E-state index contributed by atoms with van der Waals surface area (Å²) in [4.78, 5) is 12.1. The van der Waals surface area contributed by atoms with E-state index < -0.39 is 10.0 Å². The van der Waals surface area contributed by atoms with Gasteiger partial charge >= 0.3 is 0 Å². The van der Waals surface area contributed by atoms with Gasteiger partial charge in [-0.25, -0.2) is 8.42 Å². The Kier molecular flexibility index (Phi) is 4.28. The fraction of sp³-hybridized carbons (Fsp3) is 0.133. The van der Waals surface area contributed by atoms with Crippen molar-refractivity contribution in [3.05, 3.63) is 59.7 Å². The Bertz CT molecular complexity index is 756. The van der Waals surface area contributed by atoms with Crippen LogP contribution in [0.4, 0.5) is 11.4 Å². The molecule has 0 saturated carbocycles. The Morgan fingerprint density at radius 3 is 2.29 bits per heavy atom. The number of benzene rings is 2. The van der Waals surface area contributed by atoms with E-state index in [0.29, 0.717) is 16.9 Å². The number of carbonyl (C=O) groups is 1. The second-order valence-electron chi connectivity index (χ2n) is 4.72. The Balaban J connectivity index is 2.17. The largest absolute Gasteiger partial charge is 0.322 e. The number of anilines is 2. The van der Waals surface area contributed by atoms with Gasteiger partial charge < -0.3 is 5.32 Å². The highest BCUT2D eigenvalue weighted by Crippen LogP contribution is 2.21. The third kappa shape index (κ3) is 4.32. The zero-order valence-electron chi connectivity index (χ0n) is 11.8. The number of nitrogens with one attached hydrogen (secondary N) is 2. The molecule has 5 nitrogen and oxygen atoms in total. The van der Waals surface area contributed by atoms with Crippen LogP contribution in [-0.4, -0.2) is 20.6 Å². The van der Waals surface area contributed by atoms with Crippen LogP contribution in [0.5, 0.6) is 0 Å². The van der Waals surface area contributed by atoms with Gasteiger partial charge in [0.25, 0.3) is 5.91 Å². The summed E-state index contributed by atoms with van der Waals surface area (Å²) in [7, 11) is -3.31. The molecule has 2 aromatic carbocycles. The highest BCUT2D eigenvalue weighted by Gasteiger charge is 2.08. The molecule has 0 heterocycles. The second-order valence-corrected chi connectivity index (χ2v) is 6.47. The Hall–Kier alpha value is -2.34. The first-order chi connectivity index (χ1) is 9.85. The lowest BCUT2D eigenvalue weighted by atomic mass is 10.1. The molecule has 0 aliphatic carbocycles. The van der Waals surface area contributed by atoms with Crippen LogP contribution < -0.4 is 10.0 Å². The molecule has 6 heteroatoms. The molecule has 1 amide bonds. The van der Waals surface area contributed by atoms with Gasteiger partial charge in [0, 0.05) is 16.9 Å². The van der Waals surface area contributed by atoms with Gasteiger partial charge in [-0.2, -0.15) is 0 Å². The lowest BCUT2D eigenvalue weighted by molar-refractivity contribution is 0.102. The summed E-state index contributed by atoms with van der Waals surface area (Å²) < 4.78 is 24.8. The molecule has 0 radical (unpaired) electrons. The van der Waals surface area contributed by atoms with Crippen LogP contribution in [0.2, 0.25) is 0 Å². The van der Waals surface area contributed by atoms with Crippen molar-refractivity contribution in [3.8, 4) is 0 Å². The molecule has 0 aromatic heterocycles. The number of hydrogen-bond donors (Lipinski definition) is 2.